The maximum Gasteiger partial charge on any atom is 0.264 e. The highest BCUT2D eigenvalue weighted by Crippen LogP contribution is 2.31. The molecule has 0 aliphatic heterocycles. The smallest absolute Gasteiger partial charge is 0.264 e. The quantitative estimate of drug-likeness (QED) is 0.324. The molecule has 0 fully saturated rings. The second-order valence-electron chi connectivity index (χ2n) is 7.55. The zero-order valence-corrected chi connectivity index (χ0v) is 19.2. The zero-order valence-electron chi connectivity index (χ0n) is 17.6. The van der Waals surface area contributed by atoms with E-state index in [2.05, 4.69) is 15.0 Å². The fourth-order valence-corrected chi connectivity index (χ4v) is 5.89. The lowest BCUT2D eigenvalue weighted by Crippen LogP contribution is -2.23. The van der Waals surface area contributed by atoms with Crippen LogP contribution < -0.4 is 10.0 Å². The molecule has 5 rings (SSSR count). The number of aromatic nitrogens is 2. The maximum atomic E-state index is 13.1. The first-order valence-corrected chi connectivity index (χ1v) is 12.6. The SMILES string of the molecule is CC(C(=O)Nc1cccc2c(S(=O)(=O)Nc3nccs3)cccc12)n1ccc2ccccc21.[HH].[HH]. The number of para-hydroxylation sites is 1. The number of benzene rings is 3. The number of thiazole rings is 1. The largest absolute Gasteiger partial charge is 0.335 e. The summed E-state index contributed by atoms with van der Waals surface area (Å²) in [5, 5.41) is 7.18. The minimum absolute atomic E-state index is 0. The molecule has 0 saturated carbocycles. The van der Waals surface area contributed by atoms with Gasteiger partial charge in [-0.3, -0.25) is 9.52 Å². The minimum Gasteiger partial charge on any atom is -0.335 e. The summed E-state index contributed by atoms with van der Waals surface area (Å²) in [6, 6.07) is 19.6. The third-order valence-electron chi connectivity index (χ3n) is 5.51. The zero-order chi connectivity index (χ0) is 23.0. The number of nitrogens with one attached hydrogen (secondary N) is 2. The monoisotopic (exact) mass is 480 g/mol. The second kappa shape index (κ2) is 8.34. The summed E-state index contributed by atoms with van der Waals surface area (Å²) in [6.45, 7) is 1.83. The summed E-state index contributed by atoms with van der Waals surface area (Å²) in [6.07, 6.45) is 3.43. The average molecular weight is 481 g/mol. The van der Waals surface area contributed by atoms with Gasteiger partial charge < -0.3 is 9.88 Å². The molecule has 0 spiro atoms. The molecule has 7 nitrogen and oxygen atoms in total. The van der Waals surface area contributed by atoms with Crippen molar-refractivity contribution in [3.8, 4) is 0 Å². The van der Waals surface area contributed by atoms with E-state index in [1.807, 2.05) is 48.0 Å². The molecule has 1 amide bonds. The Hall–Kier alpha value is -3.69. The summed E-state index contributed by atoms with van der Waals surface area (Å²) in [5.74, 6) is -0.196. The minimum atomic E-state index is -3.85. The van der Waals surface area contributed by atoms with Crippen LogP contribution in [0, 0.1) is 0 Å². The molecule has 2 heterocycles. The van der Waals surface area contributed by atoms with Crippen LogP contribution in [0.2, 0.25) is 0 Å². The number of rotatable bonds is 6. The predicted molar refractivity (Wildman–Crippen MR) is 136 cm³/mol. The van der Waals surface area contributed by atoms with Gasteiger partial charge in [0, 0.05) is 42.6 Å². The number of carbonyl (C=O) groups excluding carboxylic acids is 1. The molecule has 2 aromatic heterocycles. The Morgan fingerprint density at radius 3 is 2.64 bits per heavy atom. The van der Waals surface area contributed by atoms with Crippen molar-refractivity contribution in [3.63, 3.8) is 0 Å². The summed E-state index contributed by atoms with van der Waals surface area (Å²) in [4.78, 5) is 17.2. The van der Waals surface area contributed by atoms with Gasteiger partial charge in [-0.2, -0.15) is 0 Å². The lowest BCUT2D eigenvalue weighted by molar-refractivity contribution is -0.118. The molecule has 2 N–H and O–H groups in total. The standard InChI is InChI=1S/C24H20N4O3S2.2H2/c1-16(28-14-12-17-6-2-3-10-21(17)28)23(29)26-20-9-4-8-19-18(20)7-5-11-22(19)33(30,31)27-24-25-13-15-32-24;;/h2-16H,1H3,(H,25,27)(H,26,29);2*1H. The van der Waals surface area contributed by atoms with Crippen LogP contribution >= 0.6 is 11.3 Å². The van der Waals surface area contributed by atoms with E-state index in [0.29, 0.717) is 21.6 Å². The van der Waals surface area contributed by atoms with Crippen molar-refractivity contribution in [1.29, 1.82) is 0 Å². The summed E-state index contributed by atoms with van der Waals surface area (Å²) >= 11 is 1.20. The number of amides is 1. The van der Waals surface area contributed by atoms with Gasteiger partial charge in [-0.1, -0.05) is 42.5 Å². The Bertz CT molecular complexity index is 1590. The molecule has 1 unspecified atom stereocenters. The Kier molecular flexibility index (Phi) is 5.35. The summed E-state index contributed by atoms with van der Waals surface area (Å²) in [5.41, 5.74) is 1.52. The first-order valence-electron chi connectivity index (χ1n) is 10.2. The predicted octanol–water partition coefficient (Wildman–Crippen LogP) is 5.74. The van der Waals surface area contributed by atoms with Gasteiger partial charge in [0.1, 0.15) is 6.04 Å². The van der Waals surface area contributed by atoms with Crippen LogP contribution in [-0.4, -0.2) is 23.9 Å². The molecular formula is C24H24N4O3S2. The number of carbonyl (C=O) groups is 1. The van der Waals surface area contributed by atoms with Crippen molar-refractivity contribution in [2.45, 2.75) is 17.9 Å². The third-order valence-corrected chi connectivity index (χ3v) is 7.72. The number of fused-ring (bicyclic) bond motifs is 2. The first-order chi connectivity index (χ1) is 15.9. The van der Waals surface area contributed by atoms with E-state index < -0.39 is 16.1 Å². The van der Waals surface area contributed by atoms with E-state index in [9.17, 15) is 13.2 Å². The van der Waals surface area contributed by atoms with Crippen molar-refractivity contribution >= 4 is 59.8 Å². The molecule has 0 saturated heterocycles. The van der Waals surface area contributed by atoms with Crippen LogP contribution in [-0.2, 0) is 14.8 Å². The van der Waals surface area contributed by atoms with Crippen LogP contribution in [0.5, 0.6) is 0 Å². The summed E-state index contributed by atoms with van der Waals surface area (Å²) < 4.78 is 30.4. The highest BCUT2D eigenvalue weighted by molar-refractivity contribution is 7.93. The fourth-order valence-electron chi connectivity index (χ4n) is 3.87. The lowest BCUT2D eigenvalue weighted by atomic mass is 10.1. The molecule has 33 heavy (non-hydrogen) atoms. The summed E-state index contributed by atoms with van der Waals surface area (Å²) in [7, 11) is -3.85. The number of hydrogen-bond acceptors (Lipinski definition) is 5. The maximum absolute atomic E-state index is 13.1. The number of hydrogen-bond donors (Lipinski definition) is 2. The molecule has 0 bridgehead atoms. The van der Waals surface area contributed by atoms with Gasteiger partial charge in [-0.05, 0) is 36.6 Å². The van der Waals surface area contributed by atoms with E-state index in [1.165, 1.54) is 17.5 Å². The van der Waals surface area contributed by atoms with Crippen LogP contribution in [0.1, 0.15) is 15.8 Å². The Labute approximate surface area is 197 Å². The average Bonchev–Trinajstić information content (AvgIpc) is 3.48. The van der Waals surface area contributed by atoms with Gasteiger partial charge in [-0.15, -0.1) is 11.3 Å². The van der Waals surface area contributed by atoms with Crippen molar-refractivity contribution in [3.05, 3.63) is 84.5 Å². The van der Waals surface area contributed by atoms with Crippen LogP contribution in [0.3, 0.4) is 0 Å². The molecule has 5 aromatic rings. The van der Waals surface area contributed by atoms with Crippen molar-refractivity contribution in [1.82, 2.24) is 9.55 Å². The Morgan fingerprint density at radius 2 is 1.82 bits per heavy atom. The van der Waals surface area contributed by atoms with E-state index >= 15 is 0 Å². The van der Waals surface area contributed by atoms with Crippen LogP contribution in [0.15, 0.2) is 89.4 Å². The molecular weight excluding hydrogens is 456 g/mol. The van der Waals surface area contributed by atoms with E-state index in [4.69, 9.17) is 0 Å². The van der Waals surface area contributed by atoms with Crippen molar-refractivity contribution < 1.29 is 16.1 Å². The number of anilines is 2. The Morgan fingerprint density at radius 1 is 1.03 bits per heavy atom. The number of sulfonamides is 1. The van der Waals surface area contributed by atoms with E-state index in [0.717, 1.165) is 10.9 Å². The number of nitrogens with zero attached hydrogens (tertiary/aromatic N) is 2. The lowest BCUT2D eigenvalue weighted by Gasteiger charge is -2.17. The van der Waals surface area contributed by atoms with Gasteiger partial charge in [-0.25, -0.2) is 13.4 Å². The molecule has 3 aromatic carbocycles. The van der Waals surface area contributed by atoms with Crippen molar-refractivity contribution in [2.75, 3.05) is 10.0 Å². The highest BCUT2D eigenvalue weighted by atomic mass is 32.2. The third kappa shape index (κ3) is 3.96. The van der Waals surface area contributed by atoms with Crippen molar-refractivity contribution in [2.24, 2.45) is 0 Å². The van der Waals surface area contributed by atoms with Gasteiger partial charge in [0.15, 0.2) is 5.13 Å². The van der Waals surface area contributed by atoms with Crippen LogP contribution in [0.4, 0.5) is 10.8 Å². The van der Waals surface area contributed by atoms with E-state index in [1.54, 1.807) is 41.8 Å². The van der Waals surface area contributed by atoms with Gasteiger partial charge in [0.05, 0.1) is 4.90 Å². The molecule has 0 radical (unpaired) electrons. The molecule has 0 aliphatic rings. The van der Waals surface area contributed by atoms with E-state index in [-0.39, 0.29) is 13.7 Å². The normalized spacial score (nSPS) is 12.6. The van der Waals surface area contributed by atoms with Crippen LogP contribution in [0.25, 0.3) is 21.7 Å². The fraction of sp³-hybridized carbons (Fsp3) is 0.0833. The highest BCUT2D eigenvalue weighted by Gasteiger charge is 2.21. The van der Waals surface area contributed by atoms with Gasteiger partial charge in [0.25, 0.3) is 10.0 Å². The van der Waals surface area contributed by atoms with Gasteiger partial charge in [0.2, 0.25) is 5.91 Å². The molecule has 0 aliphatic carbocycles. The molecule has 1 atom stereocenters. The van der Waals surface area contributed by atoms with Gasteiger partial charge >= 0.3 is 0 Å². The topological polar surface area (TPSA) is 93.1 Å². The molecule has 9 heteroatoms. The Balaban J connectivity index is 0.00000171. The second-order valence-corrected chi connectivity index (χ2v) is 10.1. The first kappa shape index (κ1) is 21.2. The molecule has 170 valence electrons.